The van der Waals surface area contributed by atoms with Gasteiger partial charge in [-0.25, -0.2) is 4.79 Å². The van der Waals surface area contributed by atoms with Crippen molar-refractivity contribution in [3.8, 4) is 6.07 Å². The lowest BCUT2D eigenvalue weighted by Gasteiger charge is -2.35. The predicted octanol–water partition coefficient (Wildman–Crippen LogP) is 1.91. The number of hydrogen-bond donors (Lipinski definition) is 1. The van der Waals surface area contributed by atoms with E-state index in [2.05, 4.69) is 0 Å². The highest BCUT2D eigenvalue weighted by Gasteiger charge is 2.30. The zero-order chi connectivity index (χ0) is 13.8. The molecule has 0 aromatic carbocycles. The number of nitrogens with zero attached hydrogens (tertiary/aromatic N) is 2. The third-order valence-electron chi connectivity index (χ3n) is 2.95. The average molecular weight is 254 g/mol. The fourth-order valence-electron chi connectivity index (χ4n) is 2.08. The molecule has 0 saturated carbocycles. The maximum atomic E-state index is 11.9. The lowest BCUT2D eigenvalue weighted by atomic mass is 9.91. The third kappa shape index (κ3) is 4.53. The zero-order valence-electron chi connectivity index (χ0n) is 11.3. The summed E-state index contributed by atoms with van der Waals surface area (Å²) in [6, 6.07) is 1.96. The van der Waals surface area contributed by atoms with Crippen LogP contribution in [0.2, 0.25) is 0 Å². The Balaban J connectivity index is 2.53. The molecule has 1 rings (SSSR count). The Morgan fingerprint density at radius 2 is 2.28 bits per heavy atom. The van der Waals surface area contributed by atoms with Gasteiger partial charge in [-0.1, -0.05) is 0 Å². The molecule has 5 nitrogen and oxygen atoms in total. The fourth-order valence-corrected chi connectivity index (χ4v) is 2.08. The Morgan fingerprint density at radius 3 is 2.83 bits per heavy atom. The van der Waals surface area contributed by atoms with Gasteiger partial charge in [0.05, 0.1) is 18.6 Å². The molecule has 5 heteroatoms. The van der Waals surface area contributed by atoms with E-state index in [9.17, 15) is 9.90 Å². The van der Waals surface area contributed by atoms with Gasteiger partial charge in [0.15, 0.2) is 0 Å². The number of nitriles is 1. The molecule has 102 valence electrons. The number of hydrogen-bond acceptors (Lipinski definition) is 4. The molecule has 0 bridgehead atoms. The second-order valence-corrected chi connectivity index (χ2v) is 5.76. The van der Waals surface area contributed by atoms with Crippen LogP contribution in [0.4, 0.5) is 4.79 Å². The maximum Gasteiger partial charge on any atom is 0.410 e. The summed E-state index contributed by atoms with van der Waals surface area (Å²) in [6.45, 7) is 6.62. The molecule has 2 atom stereocenters. The smallest absolute Gasteiger partial charge is 0.410 e. The minimum atomic E-state index is -0.653. The number of carbonyl (C=O) groups is 1. The van der Waals surface area contributed by atoms with Gasteiger partial charge in [-0.15, -0.1) is 0 Å². The van der Waals surface area contributed by atoms with Gasteiger partial charge in [-0.05, 0) is 33.6 Å². The van der Waals surface area contributed by atoms with Crippen molar-refractivity contribution >= 4 is 6.09 Å². The quantitative estimate of drug-likeness (QED) is 0.817. The number of carbonyl (C=O) groups excluding carboxylic acids is 1. The van der Waals surface area contributed by atoms with E-state index < -0.39 is 11.7 Å². The second-order valence-electron chi connectivity index (χ2n) is 5.76. The summed E-state index contributed by atoms with van der Waals surface area (Å²) in [5.41, 5.74) is -0.505. The minimum absolute atomic E-state index is 0.0223. The highest BCUT2D eigenvalue weighted by molar-refractivity contribution is 5.68. The first kappa shape index (κ1) is 14.8. The molecule has 1 aliphatic heterocycles. The molecular weight excluding hydrogens is 232 g/mol. The first-order valence-electron chi connectivity index (χ1n) is 6.36. The van der Waals surface area contributed by atoms with E-state index in [0.717, 1.165) is 12.8 Å². The summed E-state index contributed by atoms with van der Waals surface area (Å²) >= 11 is 0. The van der Waals surface area contributed by atoms with Crippen molar-refractivity contribution in [2.45, 2.75) is 51.7 Å². The average Bonchev–Trinajstić information content (AvgIpc) is 2.27. The van der Waals surface area contributed by atoms with Gasteiger partial charge in [-0.3, -0.25) is 0 Å². The van der Waals surface area contributed by atoms with E-state index >= 15 is 0 Å². The maximum absolute atomic E-state index is 11.9. The Bertz CT molecular complexity index is 330. The van der Waals surface area contributed by atoms with Crippen molar-refractivity contribution in [3.05, 3.63) is 0 Å². The summed E-state index contributed by atoms with van der Waals surface area (Å²) < 4.78 is 5.31. The van der Waals surface area contributed by atoms with Crippen molar-refractivity contribution in [1.82, 2.24) is 4.90 Å². The molecule has 1 saturated heterocycles. The molecule has 0 aromatic heterocycles. The van der Waals surface area contributed by atoms with Crippen LogP contribution in [0.1, 0.15) is 40.0 Å². The van der Waals surface area contributed by atoms with Gasteiger partial charge in [0.1, 0.15) is 5.60 Å². The van der Waals surface area contributed by atoms with Crippen molar-refractivity contribution in [2.75, 3.05) is 13.1 Å². The van der Waals surface area contributed by atoms with Crippen molar-refractivity contribution in [3.63, 3.8) is 0 Å². The van der Waals surface area contributed by atoms with E-state index in [1.54, 1.807) is 4.90 Å². The molecule has 2 unspecified atom stereocenters. The second kappa shape index (κ2) is 6.05. The minimum Gasteiger partial charge on any atom is -0.444 e. The largest absolute Gasteiger partial charge is 0.444 e. The molecule has 0 aliphatic carbocycles. The standard InChI is InChI=1S/C13H22N2O3/c1-13(2,3)18-12(17)15-8-4-5-10(9-15)11(16)6-7-14/h10-11,16H,4-6,8-9H2,1-3H3. The first-order chi connectivity index (χ1) is 8.33. The van der Waals surface area contributed by atoms with Crippen molar-refractivity contribution in [2.24, 2.45) is 5.92 Å². The first-order valence-corrected chi connectivity index (χ1v) is 6.36. The Hall–Kier alpha value is -1.28. The van der Waals surface area contributed by atoms with E-state index in [0.29, 0.717) is 13.1 Å². The molecule has 1 fully saturated rings. The molecule has 0 aromatic rings. The molecule has 1 heterocycles. The number of ether oxygens (including phenoxy) is 1. The number of aliphatic hydroxyl groups excluding tert-OH is 1. The number of piperidine rings is 1. The number of amides is 1. The van der Waals surface area contributed by atoms with Crippen LogP contribution in [-0.2, 0) is 4.74 Å². The van der Waals surface area contributed by atoms with Crippen molar-refractivity contribution in [1.29, 1.82) is 5.26 Å². The molecule has 1 amide bonds. The topological polar surface area (TPSA) is 73.6 Å². The van der Waals surface area contributed by atoms with Crippen LogP contribution in [-0.4, -0.2) is 40.9 Å². The summed E-state index contributed by atoms with van der Waals surface area (Å²) in [4.78, 5) is 13.5. The lowest BCUT2D eigenvalue weighted by molar-refractivity contribution is 0.00358. The van der Waals surface area contributed by atoms with Crippen molar-refractivity contribution < 1.29 is 14.6 Å². The SMILES string of the molecule is CC(C)(C)OC(=O)N1CCCC(C(O)CC#N)C1. The number of likely N-dealkylation sites (tertiary alicyclic amines) is 1. The van der Waals surface area contributed by atoms with Crippen LogP contribution in [0.25, 0.3) is 0 Å². The monoisotopic (exact) mass is 254 g/mol. The van der Waals surface area contributed by atoms with Gasteiger partial charge in [0, 0.05) is 19.0 Å². The summed E-state index contributed by atoms with van der Waals surface area (Å²) in [6.07, 6.45) is 0.818. The lowest BCUT2D eigenvalue weighted by Crippen LogP contribution is -2.45. The summed E-state index contributed by atoms with van der Waals surface area (Å²) in [5.74, 6) is -0.0223. The summed E-state index contributed by atoms with van der Waals surface area (Å²) in [5, 5.41) is 18.4. The van der Waals surface area contributed by atoms with E-state index in [4.69, 9.17) is 10.00 Å². The molecule has 1 aliphatic rings. The Labute approximate surface area is 108 Å². The van der Waals surface area contributed by atoms with Crippen LogP contribution >= 0.6 is 0 Å². The third-order valence-corrected chi connectivity index (χ3v) is 2.95. The number of aliphatic hydroxyl groups is 1. The van der Waals surface area contributed by atoms with Crippen LogP contribution in [0.5, 0.6) is 0 Å². The van der Waals surface area contributed by atoms with Gasteiger partial charge in [0.25, 0.3) is 0 Å². The van der Waals surface area contributed by atoms with Gasteiger partial charge >= 0.3 is 6.09 Å². The van der Waals surface area contributed by atoms with Gasteiger partial charge in [0.2, 0.25) is 0 Å². The van der Waals surface area contributed by atoms with Crippen LogP contribution in [0, 0.1) is 17.2 Å². The molecular formula is C13H22N2O3. The Morgan fingerprint density at radius 1 is 1.61 bits per heavy atom. The molecule has 0 radical (unpaired) electrons. The number of rotatable bonds is 2. The Kier molecular flexibility index (Phi) is 4.97. The molecule has 18 heavy (non-hydrogen) atoms. The highest BCUT2D eigenvalue weighted by Crippen LogP contribution is 2.23. The van der Waals surface area contributed by atoms with Gasteiger partial charge < -0.3 is 14.7 Å². The molecule has 1 N–H and O–H groups in total. The van der Waals surface area contributed by atoms with E-state index in [-0.39, 0.29) is 18.4 Å². The van der Waals surface area contributed by atoms with Crippen LogP contribution in [0.3, 0.4) is 0 Å². The normalized spacial score (nSPS) is 22.2. The van der Waals surface area contributed by atoms with Crippen LogP contribution < -0.4 is 0 Å². The predicted molar refractivity (Wildman–Crippen MR) is 66.8 cm³/mol. The summed E-state index contributed by atoms with van der Waals surface area (Å²) in [7, 11) is 0. The molecule has 0 spiro atoms. The highest BCUT2D eigenvalue weighted by atomic mass is 16.6. The van der Waals surface area contributed by atoms with E-state index in [1.165, 1.54) is 0 Å². The zero-order valence-corrected chi connectivity index (χ0v) is 11.3. The fraction of sp³-hybridized carbons (Fsp3) is 0.846. The van der Waals surface area contributed by atoms with Crippen LogP contribution in [0.15, 0.2) is 0 Å². The van der Waals surface area contributed by atoms with Gasteiger partial charge in [-0.2, -0.15) is 5.26 Å². The van der Waals surface area contributed by atoms with E-state index in [1.807, 2.05) is 26.8 Å².